The van der Waals surface area contributed by atoms with E-state index in [-0.39, 0.29) is 17.5 Å². The lowest BCUT2D eigenvalue weighted by molar-refractivity contribution is 0.0664. The topological polar surface area (TPSA) is 73.7 Å². The highest BCUT2D eigenvalue weighted by Gasteiger charge is 2.42. The fraction of sp³-hybridized carbons (Fsp3) is 0.450. The molecule has 2 aromatic rings. The summed E-state index contributed by atoms with van der Waals surface area (Å²) in [7, 11) is -3.56. The fourth-order valence-electron chi connectivity index (χ4n) is 4.23. The van der Waals surface area contributed by atoms with Gasteiger partial charge in [0.25, 0.3) is 0 Å². The van der Waals surface area contributed by atoms with Crippen LogP contribution in [0.25, 0.3) is 0 Å². The Morgan fingerprint density at radius 3 is 2.30 bits per heavy atom. The Morgan fingerprint density at radius 2 is 1.63 bits per heavy atom. The minimum Gasteiger partial charge on any atom is -0.390 e. The molecule has 2 aliphatic heterocycles. The van der Waals surface area contributed by atoms with E-state index in [2.05, 4.69) is 22.0 Å². The highest BCUT2D eigenvalue weighted by molar-refractivity contribution is 7.89. The third kappa shape index (κ3) is 3.78. The first kappa shape index (κ1) is 18.6. The van der Waals surface area contributed by atoms with Crippen LogP contribution in [0.1, 0.15) is 24.3 Å². The minimum absolute atomic E-state index is 0.137. The summed E-state index contributed by atoms with van der Waals surface area (Å²) < 4.78 is 27.1. The second-order valence-electron chi connectivity index (χ2n) is 7.36. The maximum absolute atomic E-state index is 12.8. The normalized spacial score (nSPS) is 25.7. The number of hydrogen-bond donors (Lipinski definition) is 1. The van der Waals surface area contributed by atoms with E-state index in [1.165, 1.54) is 9.87 Å². The number of rotatable bonds is 4. The number of piperidine rings is 1. The maximum atomic E-state index is 12.8. The summed E-state index contributed by atoms with van der Waals surface area (Å²) in [5.74, 6) is 0.506. The predicted molar refractivity (Wildman–Crippen MR) is 103 cm³/mol. The van der Waals surface area contributed by atoms with Gasteiger partial charge in [-0.3, -0.25) is 9.88 Å². The molecule has 2 fully saturated rings. The Hall–Kier alpha value is -1.80. The second kappa shape index (κ2) is 7.67. The summed E-state index contributed by atoms with van der Waals surface area (Å²) in [4.78, 5) is 6.62. The lowest BCUT2D eigenvalue weighted by atomic mass is 9.89. The van der Waals surface area contributed by atoms with Gasteiger partial charge in [0.05, 0.1) is 17.0 Å². The number of nitrogens with zero attached hydrogens (tertiary/aromatic N) is 3. The molecule has 27 heavy (non-hydrogen) atoms. The van der Waals surface area contributed by atoms with Gasteiger partial charge in [-0.1, -0.05) is 18.2 Å². The van der Waals surface area contributed by atoms with E-state index in [0.717, 1.165) is 25.9 Å². The van der Waals surface area contributed by atoms with Gasteiger partial charge in [0, 0.05) is 25.5 Å². The van der Waals surface area contributed by atoms with E-state index in [1.807, 2.05) is 12.4 Å². The molecular formula is C20H25N3O3S. The number of sulfonamides is 1. The van der Waals surface area contributed by atoms with Gasteiger partial charge < -0.3 is 5.11 Å². The average molecular weight is 388 g/mol. The van der Waals surface area contributed by atoms with Crippen LogP contribution >= 0.6 is 0 Å². The molecule has 0 bridgehead atoms. The van der Waals surface area contributed by atoms with Crippen LogP contribution in [-0.2, 0) is 10.0 Å². The third-order valence-corrected chi connectivity index (χ3v) is 7.63. The Bertz CT molecular complexity index is 853. The number of aliphatic hydroxyl groups excluding tert-OH is 1. The number of hydrogen-bond acceptors (Lipinski definition) is 5. The quantitative estimate of drug-likeness (QED) is 0.864. The van der Waals surface area contributed by atoms with Gasteiger partial charge in [0.1, 0.15) is 0 Å². The zero-order chi connectivity index (χ0) is 18.9. The van der Waals surface area contributed by atoms with Crippen molar-refractivity contribution < 1.29 is 13.5 Å². The number of likely N-dealkylation sites (tertiary alicyclic amines) is 1. The maximum Gasteiger partial charge on any atom is 0.243 e. The first-order valence-corrected chi connectivity index (χ1v) is 10.9. The standard InChI is InChI=1S/C20H25N3O3S/c24-20-15-23(27(25,26)18-4-2-1-3-5-18)14-19(20)22-12-8-17(9-13-22)16-6-10-21-11-7-16/h1-7,10-11,17,19-20,24H,8-9,12-15H2/t19-,20-/m0/s1. The summed E-state index contributed by atoms with van der Waals surface area (Å²) in [6.45, 7) is 2.24. The smallest absolute Gasteiger partial charge is 0.243 e. The number of β-amino-alcohol motifs (C(OH)–C–C–N with tert-alkyl or cyclic N) is 1. The van der Waals surface area contributed by atoms with E-state index < -0.39 is 16.1 Å². The van der Waals surface area contributed by atoms with Crippen molar-refractivity contribution in [2.24, 2.45) is 0 Å². The molecule has 0 unspecified atom stereocenters. The van der Waals surface area contributed by atoms with Crippen LogP contribution in [0.5, 0.6) is 0 Å². The SMILES string of the molecule is O=S(=O)(c1ccccc1)N1C[C@H](O)[C@@H](N2CCC(c3ccncc3)CC2)C1. The number of aliphatic hydroxyl groups is 1. The van der Waals surface area contributed by atoms with Gasteiger partial charge in [-0.25, -0.2) is 8.42 Å². The van der Waals surface area contributed by atoms with Gasteiger partial charge in [0.2, 0.25) is 10.0 Å². The fourth-order valence-corrected chi connectivity index (χ4v) is 5.73. The molecule has 0 saturated carbocycles. The molecule has 3 heterocycles. The summed E-state index contributed by atoms with van der Waals surface area (Å²) in [5, 5.41) is 10.5. The van der Waals surface area contributed by atoms with Gasteiger partial charge in [-0.15, -0.1) is 0 Å². The monoisotopic (exact) mass is 387 g/mol. The lowest BCUT2D eigenvalue weighted by Gasteiger charge is -2.37. The minimum atomic E-state index is -3.56. The van der Waals surface area contributed by atoms with Crippen molar-refractivity contribution >= 4 is 10.0 Å². The molecule has 0 amide bonds. The van der Waals surface area contributed by atoms with Gasteiger partial charge in [-0.2, -0.15) is 4.31 Å². The van der Waals surface area contributed by atoms with E-state index in [1.54, 1.807) is 30.3 Å². The molecular weight excluding hydrogens is 362 g/mol. The number of benzene rings is 1. The zero-order valence-electron chi connectivity index (χ0n) is 15.2. The molecule has 6 nitrogen and oxygen atoms in total. The van der Waals surface area contributed by atoms with Crippen LogP contribution in [-0.4, -0.2) is 66.0 Å². The third-order valence-electron chi connectivity index (χ3n) is 5.78. The summed E-state index contributed by atoms with van der Waals surface area (Å²) >= 11 is 0. The van der Waals surface area contributed by atoms with E-state index in [0.29, 0.717) is 12.5 Å². The van der Waals surface area contributed by atoms with Crippen molar-refractivity contribution in [3.05, 3.63) is 60.4 Å². The molecule has 0 aliphatic carbocycles. The van der Waals surface area contributed by atoms with Crippen molar-refractivity contribution in [2.75, 3.05) is 26.2 Å². The van der Waals surface area contributed by atoms with Crippen LogP contribution < -0.4 is 0 Å². The Balaban J connectivity index is 1.41. The van der Waals surface area contributed by atoms with E-state index in [4.69, 9.17) is 0 Å². The largest absolute Gasteiger partial charge is 0.390 e. The summed E-state index contributed by atoms with van der Waals surface area (Å²) in [5.41, 5.74) is 1.31. The lowest BCUT2D eigenvalue weighted by Crippen LogP contribution is -2.47. The molecule has 1 N–H and O–H groups in total. The second-order valence-corrected chi connectivity index (χ2v) is 9.30. The van der Waals surface area contributed by atoms with Gasteiger partial charge in [0.15, 0.2) is 0 Å². The molecule has 0 spiro atoms. The molecule has 2 atom stereocenters. The van der Waals surface area contributed by atoms with E-state index in [9.17, 15) is 13.5 Å². The van der Waals surface area contributed by atoms with Gasteiger partial charge in [-0.05, 0) is 61.7 Å². The van der Waals surface area contributed by atoms with Crippen LogP contribution in [0.4, 0.5) is 0 Å². The zero-order valence-corrected chi connectivity index (χ0v) is 16.0. The Morgan fingerprint density at radius 1 is 0.963 bits per heavy atom. The van der Waals surface area contributed by atoms with Crippen LogP contribution in [0.2, 0.25) is 0 Å². The highest BCUT2D eigenvalue weighted by Crippen LogP contribution is 2.31. The van der Waals surface area contributed by atoms with Gasteiger partial charge >= 0.3 is 0 Å². The molecule has 2 saturated heterocycles. The summed E-state index contributed by atoms with van der Waals surface area (Å²) in [6.07, 6.45) is 5.03. The molecule has 7 heteroatoms. The first-order valence-electron chi connectivity index (χ1n) is 9.43. The highest BCUT2D eigenvalue weighted by atomic mass is 32.2. The Kier molecular flexibility index (Phi) is 5.27. The average Bonchev–Trinajstić information content (AvgIpc) is 3.12. The molecule has 1 aromatic carbocycles. The Labute approximate surface area is 160 Å². The number of aromatic nitrogens is 1. The van der Waals surface area contributed by atoms with E-state index >= 15 is 0 Å². The molecule has 4 rings (SSSR count). The van der Waals surface area contributed by atoms with Crippen LogP contribution in [0, 0.1) is 0 Å². The van der Waals surface area contributed by atoms with Crippen molar-refractivity contribution in [2.45, 2.75) is 35.8 Å². The molecule has 0 radical (unpaired) electrons. The van der Waals surface area contributed by atoms with Crippen LogP contribution in [0.3, 0.4) is 0 Å². The van der Waals surface area contributed by atoms with Crippen LogP contribution in [0.15, 0.2) is 59.8 Å². The van der Waals surface area contributed by atoms with Crippen molar-refractivity contribution in [3.8, 4) is 0 Å². The molecule has 2 aliphatic rings. The molecule has 1 aromatic heterocycles. The molecule has 144 valence electrons. The van der Waals surface area contributed by atoms with Crippen molar-refractivity contribution in [1.82, 2.24) is 14.2 Å². The summed E-state index contributed by atoms with van der Waals surface area (Å²) in [6, 6.07) is 12.5. The van der Waals surface area contributed by atoms with Crippen molar-refractivity contribution in [1.29, 1.82) is 0 Å². The number of pyridine rings is 1. The predicted octanol–water partition coefficient (Wildman–Crippen LogP) is 1.70. The van der Waals surface area contributed by atoms with Crippen molar-refractivity contribution in [3.63, 3.8) is 0 Å². The first-order chi connectivity index (χ1) is 13.1.